The number of carbonyl (C=O) groups is 2. The number of pyridine rings is 1. The van der Waals surface area contributed by atoms with Gasteiger partial charge >= 0.3 is 5.97 Å². The molecule has 6 nitrogen and oxygen atoms in total. The molecule has 1 saturated carbocycles. The number of nitrogens with zero attached hydrogens (tertiary/aromatic N) is 1. The average Bonchev–Trinajstić information content (AvgIpc) is 3.30. The molecule has 0 spiro atoms. The van der Waals surface area contributed by atoms with Crippen LogP contribution in [0.25, 0.3) is 0 Å². The molecule has 0 radical (unpaired) electrons. The maximum atomic E-state index is 12.3. The van der Waals surface area contributed by atoms with Crippen LogP contribution in [0.4, 0.5) is 5.00 Å². The number of esters is 1. The quantitative estimate of drug-likeness (QED) is 0.823. The number of anilines is 1. The van der Waals surface area contributed by atoms with Gasteiger partial charge in [-0.1, -0.05) is 0 Å². The number of aromatic nitrogens is 1. The number of hydrogen-bond donors (Lipinski definition) is 1. The monoisotopic (exact) mass is 332 g/mol. The van der Waals surface area contributed by atoms with E-state index in [4.69, 9.17) is 4.74 Å². The summed E-state index contributed by atoms with van der Waals surface area (Å²) >= 11 is 1.26. The third-order valence-electron chi connectivity index (χ3n) is 3.46. The van der Waals surface area contributed by atoms with Gasteiger partial charge in [-0.15, -0.1) is 11.3 Å². The number of thiophene rings is 1. The Kier molecular flexibility index (Phi) is 4.57. The second-order valence-corrected chi connectivity index (χ2v) is 6.16. The van der Waals surface area contributed by atoms with E-state index in [-0.39, 0.29) is 5.91 Å². The van der Waals surface area contributed by atoms with Gasteiger partial charge in [-0.3, -0.25) is 4.79 Å². The number of amides is 1. The van der Waals surface area contributed by atoms with Crippen molar-refractivity contribution in [2.75, 3.05) is 19.0 Å². The van der Waals surface area contributed by atoms with Crippen LogP contribution in [0.5, 0.6) is 5.88 Å². The Morgan fingerprint density at radius 1 is 1.39 bits per heavy atom. The highest BCUT2D eigenvalue weighted by atomic mass is 32.1. The van der Waals surface area contributed by atoms with Gasteiger partial charge < -0.3 is 14.8 Å². The summed E-state index contributed by atoms with van der Waals surface area (Å²) in [6.45, 7) is 0.634. The molecule has 3 rings (SSSR count). The maximum absolute atomic E-state index is 12.3. The minimum Gasteiger partial charge on any atom is -0.477 e. The molecule has 1 aliphatic carbocycles. The first-order valence-electron chi connectivity index (χ1n) is 7.23. The van der Waals surface area contributed by atoms with Crippen LogP contribution >= 0.6 is 11.3 Å². The van der Waals surface area contributed by atoms with Crippen molar-refractivity contribution < 1.29 is 19.1 Å². The lowest BCUT2D eigenvalue weighted by Crippen LogP contribution is -2.14. The summed E-state index contributed by atoms with van der Waals surface area (Å²) in [7, 11) is 1.30. The summed E-state index contributed by atoms with van der Waals surface area (Å²) in [6.07, 6.45) is 3.91. The Bertz CT molecular complexity index is 724. The van der Waals surface area contributed by atoms with E-state index in [0.29, 0.717) is 34.5 Å². The van der Waals surface area contributed by atoms with Crippen molar-refractivity contribution in [2.45, 2.75) is 12.8 Å². The molecule has 1 fully saturated rings. The largest absolute Gasteiger partial charge is 0.477 e. The number of hydrogen-bond acceptors (Lipinski definition) is 6. The van der Waals surface area contributed by atoms with Crippen molar-refractivity contribution in [1.29, 1.82) is 0 Å². The molecule has 23 heavy (non-hydrogen) atoms. The zero-order chi connectivity index (χ0) is 16.2. The summed E-state index contributed by atoms with van der Waals surface area (Å²) in [6, 6.07) is 4.82. The molecule has 1 aliphatic rings. The van der Waals surface area contributed by atoms with Gasteiger partial charge in [0.05, 0.1) is 19.3 Å². The molecule has 120 valence electrons. The molecule has 0 atom stereocenters. The zero-order valence-electron chi connectivity index (χ0n) is 12.6. The van der Waals surface area contributed by atoms with Crippen LogP contribution in [-0.4, -0.2) is 30.6 Å². The van der Waals surface area contributed by atoms with E-state index >= 15 is 0 Å². The van der Waals surface area contributed by atoms with E-state index in [0.717, 1.165) is 0 Å². The molecule has 0 bridgehead atoms. The van der Waals surface area contributed by atoms with E-state index in [2.05, 4.69) is 15.0 Å². The SMILES string of the molecule is COC(=O)c1ccsc1NC(=O)c1ccnc(OCC2CC2)c1. The smallest absolute Gasteiger partial charge is 0.340 e. The highest BCUT2D eigenvalue weighted by molar-refractivity contribution is 7.14. The minimum atomic E-state index is -0.482. The van der Waals surface area contributed by atoms with Gasteiger partial charge in [0.1, 0.15) is 5.00 Å². The van der Waals surface area contributed by atoms with Crippen molar-refractivity contribution in [2.24, 2.45) is 5.92 Å². The lowest BCUT2D eigenvalue weighted by molar-refractivity contribution is 0.0602. The highest BCUT2D eigenvalue weighted by Gasteiger charge is 2.22. The number of nitrogens with one attached hydrogen (secondary N) is 1. The standard InChI is InChI=1S/C16H16N2O4S/c1-21-16(20)12-5-7-23-15(12)18-14(19)11-4-6-17-13(8-11)22-9-10-2-3-10/h4-8,10H,2-3,9H2,1H3,(H,18,19). The van der Waals surface area contributed by atoms with Gasteiger partial charge in [0.25, 0.3) is 5.91 Å². The van der Waals surface area contributed by atoms with Crippen LogP contribution in [0.15, 0.2) is 29.8 Å². The lowest BCUT2D eigenvalue weighted by Gasteiger charge is -2.07. The first-order valence-corrected chi connectivity index (χ1v) is 8.11. The molecular formula is C16H16N2O4S. The Morgan fingerprint density at radius 3 is 2.96 bits per heavy atom. The van der Waals surface area contributed by atoms with Gasteiger partial charge in [-0.05, 0) is 36.3 Å². The van der Waals surface area contributed by atoms with Gasteiger partial charge in [-0.25, -0.2) is 9.78 Å². The number of methoxy groups -OCH3 is 1. The summed E-state index contributed by atoms with van der Waals surface area (Å²) in [5, 5.41) is 4.90. The first-order chi connectivity index (χ1) is 11.2. The minimum absolute atomic E-state index is 0.323. The number of carbonyl (C=O) groups excluding carboxylic acids is 2. The van der Waals surface area contributed by atoms with Crippen molar-refractivity contribution in [3.05, 3.63) is 40.9 Å². The molecule has 0 aliphatic heterocycles. The molecule has 0 aromatic carbocycles. The third kappa shape index (κ3) is 3.87. The van der Waals surface area contributed by atoms with Crippen molar-refractivity contribution >= 4 is 28.2 Å². The summed E-state index contributed by atoms with van der Waals surface area (Å²) in [4.78, 5) is 28.1. The average molecular weight is 332 g/mol. The Morgan fingerprint density at radius 2 is 2.22 bits per heavy atom. The molecule has 0 unspecified atom stereocenters. The Hall–Kier alpha value is -2.41. The van der Waals surface area contributed by atoms with E-state index in [1.54, 1.807) is 23.6 Å². The third-order valence-corrected chi connectivity index (χ3v) is 4.29. The van der Waals surface area contributed by atoms with Crippen LogP contribution < -0.4 is 10.1 Å². The number of rotatable bonds is 6. The molecule has 2 aromatic heterocycles. The summed E-state index contributed by atoms with van der Waals surface area (Å²) < 4.78 is 10.3. The molecule has 2 aromatic rings. The molecule has 7 heteroatoms. The summed E-state index contributed by atoms with van der Waals surface area (Å²) in [5.41, 5.74) is 0.764. The fraction of sp³-hybridized carbons (Fsp3) is 0.312. The van der Waals surface area contributed by atoms with Crippen molar-refractivity contribution in [3.8, 4) is 5.88 Å². The summed E-state index contributed by atoms with van der Waals surface area (Å²) in [5.74, 6) is 0.243. The van der Waals surface area contributed by atoms with E-state index in [1.807, 2.05) is 0 Å². The number of ether oxygens (including phenoxy) is 2. The van der Waals surface area contributed by atoms with Crippen molar-refractivity contribution in [1.82, 2.24) is 4.98 Å². The molecule has 1 N–H and O–H groups in total. The fourth-order valence-electron chi connectivity index (χ4n) is 1.97. The van der Waals surface area contributed by atoms with Crippen LogP contribution in [0.3, 0.4) is 0 Å². The molecule has 2 heterocycles. The second-order valence-electron chi connectivity index (χ2n) is 5.25. The van der Waals surface area contributed by atoms with Crippen LogP contribution in [-0.2, 0) is 4.74 Å². The van der Waals surface area contributed by atoms with Gasteiger partial charge in [0.2, 0.25) is 5.88 Å². The van der Waals surface area contributed by atoms with E-state index in [9.17, 15) is 9.59 Å². The van der Waals surface area contributed by atoms with E-state index < -0.39 is 5.97 Å². The van der Waals surface area contributed by atoms with Gasteiger partial charge in [0.15, 0.2) is 0 Å². The maximum Gasteiger partial charge on any atom is 0.340 e. The zero-order valence-corrected chi connectivity index (χ0v) is 13.4. The Labute approximate surface area is 137 Å². The first kappa shape index (κ1) is 15.5. The molecule has 1 amide bonds. The predicted octanol–water partition coefficient (Wildman–Crippen LogP) is 2.97. The lowest BCUT2D eigenvalue weighted by atomic mass is 10.2. The predicted molar refractivity (Wildman–Crippen MR) is 86.1 cm³/mol. The Balaban J connectivity index is 1.69. The normalized spacial score (nSPS) is 13.4. The molecular weight excluding hydrogens is 316 g/mol. The van der Waals surface area contributed by atoms with Crippen LogP contribution in [0.1, 0.15) is 33.6 Å². The highest BCUT2D eigenvalue weighted by Crippen LogP contribution is 2.29. The van der Waals surface area contributed by atoms with Gasteiger partial charge in [-0.2, -0.15) is 0 Å². The van der Waals surface area contributed by atoms with Crippen LogP contribution in [0.2, 0.25) is 0 Å². The fourth-order valence-corrected chi connectivity index (χ4v) is 2.74. The molecule has 0 saturated heterocycles. The van der Waals surface area contributed by atoms with Gasteiger partial charge in [0, 0.05) is 17.8 Å². The second kappa shape index (κ2) is 6.78. The van der Waals surface area contributed by atoms with E-state index in [1.165, 1.54) is 37.5 Å². The van der Waals surface area contributed by atoms with Crippen molar-refractivity contribution in [3.63, 3.8) is 0 Å². The van der Waals surface area contributed by atoms with Crippen LogP contribution in [0, 0.1) is 5.92 Å². The topological polar surface area (TPSA) is 77.5 Å².